The van der Waals surface area contributed by atoms with E-state index < -0.39 is 23.7 Å². The molecule has 1 aromatic heterocycles. The molecule has 4 aromatic carbocycles. The first-order chi connectivity index (χ1) is 24.7. The van der Waals surface area contributed by atoms with Crippen LogP contribution in [0.2, 0.25) is 0 Å². The van der Waals surface area contributed by atoms with Gasteiger partial charge < -0.3 is 15.1 Å². The maximum atomic E-state index is 14.0. The second kappa shape index (κ2) is 17.9. The van der Waals surface area contributed by atoms with Crippen molar-refractivity contribution in [1.29, 1.82) is 0 Å². The summed E-state index contributed by atoms with van der Waals surface area (Å²) < 4.78 is 39.4. The molecule has 0 aliphatic heterocycles. The van der Waals surface area contributed by atoms with Crippen LogP contribution in [-0.2, 0) is 35.3 Å². The highest BCUT2D eigenvalue weighted by Crippen LogP contribution is 2.29. The number of hydrogen-bond acceptors (Lipinski definition) is 4. The minimum Gasteiger partial charge on any atom is -0.354 e. The van der Waals surface area contributed by atoms with Crippen molar-refractivity contribution in [1.82, 2.24) is 20.1 Å². The van der Waals surface area contributed by atoms with Crippen LogP contribution in [-0.4, -0.2) is 52.8 Å². The van der Waals surface area contributed by atoms with Gasteiger partial charge in [0.1, 0.15) is 6.04 Å². The highest BCUT2D eigenvalue weighted by molar-refractivity contribution is 5.95. The second-order valence-corrected chi connectivity index (χ2v) is 12.4. The number of alkyl halides is 3. The Kier molecular flexibility index (Phi) is 12.9. The maximum Gasteiger partial charge on any atom is 0.416 e. The summed E-state index contributed by atoms with van der Waals surface area (Å²) in [6.07, 6.45) is 1.03. The molecule has 0 saturated carbocycles. The minimum atomic E-state index is -4.46. The van der Waals surface area contributed by atoms with Crippen molar-refractivity contribution in [3.63, 3.8) is 0 Å². The van der Waals surface area contributed by atoms with Crippen LogP contribution >= 0.6 is 0 Å². The first-order valence-electron chi connectivity index (χ1n) is 16.9. The van der Waals surface area contributed by atoms with Gasteiger partial charge in [-0.2, -0.15) is 13.2 Å². The van der Waals surface area contributed by atoms with Crippen molar-refractivity contribution in [3.8, 4) is 11.3 Å². The van der Waals surface area contributed by atoms with Crippen molar-refractivity contribution < 1.29 is 22.8 Å². The second-order valence-electron chi connectivity index (χ2n) is 12.4. The van der Waals surface area contributed by atoms with E-state index in [0.717, 1.165) is 47.6 Å². The van der Waals surface area contributed by atoms with Gasteiger partial charge in [-0.3, -0.25) is 14.6 Å². The monoisotopic (exact) mass is 690 g/mol. The highest BCUT2D eigenvalue weighted by Gasteiger charge is 2.31. The first-order valence-corrected chi connectivity index (χ1v) is 16.9. The summed E-state index contributed by atoms with van der Waals surface area (Å²) in [5.74, 6) is -0.728. The van der Waals surface area contributed by atoms with E-state index in [1.807, 2.05) is 98.0 Å². The van der Waals surface area contributed by atoms with Gasteiger partial charge in [0.15, 0.2) is 0 Å². The number of nitrogens with one attached hydrogen (secondary N) is 1. The van der Waals surface area contributed by atoms with Gasteiger partial charge in [-0.15, -0.1) is 0 Å². The maximum absolute atomic E-state index is 14.0. The summed E-state index contributed by atoms with van der Waals surface area (Å²) in [7, 11) is 2.04. The van der Waals surface area contributed by atoms with Crippen LogP contribution < -0.4 is 5.32 Å². The summed E-state index contributed by atoms with van der Waals surface area (Å²) in [4.78, 5) is 36.2. The molecule has 1 atom stereocenters. The molecule has 0 aliphatic rings. The highest BCUT2D eigenvalue weighted by atomic mass is 19.4. The van der Waals surface area contributed by atoms with Crippen molar-refractivity contribution in [3.05, 3.63) is 167 Å². The summed E-state index contributed by atoms with van der Waals surface area (Å²) >= 11 is 0. The van der Waals surface area contributed by atoms with Crippen LogP contribution in [0.15, 0.2) is 140 Å². The fourth-order valence-electron chi connectivity index (χ4n) is 5.73. The van der Waals surface area contributed by atoms with Crippen LogP contribution in [0.3, 0.4) is 0 Å². The van der Waals surface area contributed by atoms with Gasteiger partial charge in [0.05, 0.1) is 11.3 Å². The molecule has 6 nitrogen and oxygen atoms in total. The number of halogens is 3. The molecule has 0 radical (unpaired) electrons. The number of hydrogen-bond donors (Lipinski definition) is 1. The van der Waals surface area contributed by atoms with Gasteiger partial charge in [-0.1, -0.05) is 103 Å². The number of aromatic nitrogens is 1. The molecule has 1 unspecified atom stereocenters. The molecule has 5 rings (SSSR count). The Morgan fingerprint density at radius 2 is 1.39 bits per heavy atom. The molecule has 2 amide bonds. The van der Waals surface area contributed by atoms with Gasteiger partial charge in [-0.25, -0.2) is 0 Å². The van der Waals surface area contributed by atoms with Crippen molar-refractivity contribution in [2.45, 2.75) is 38.1 Å². The third kappa shape index (κ3) is 11.2. The lowest BCUT2D eigenvalue weighted by molar-refractivity contribution is -0.137. The number of amides is 2. The zero-order valence-electron chi connectivity index (χ0n) is 28.5. The molecule has 1 heterocycles. The molecule has 0 saturated heterocycles. The third-order valence-corrected chi connectivity index (χ3v) is 8.47. The Hall–Kier alpha value is -5.54. The van der Waals surface area contributed by atoms with E-state index in [0.29, 0.717) is 18.5 Å². The van der Waals surface area contributed by atoms with Gasteiger partial charge in [-0.05, 0) is 72.6 Å². The minimum absolute atomic E-state index is 0.128. The number of benzene rings is 4. The number of nitrogens with zero attached hydrogens (tertiary/aromatic N) is 3. The molecular weight excluding hydrogens is 649 g/mol. The van der Waals surface area contributed by atoms with Crippen LogP contribution in [0.5, 0.6) is 0 Å². The van der Waals surface area contributed by atoms with E-state index in [4.69, 9.17) is 0 Å². The average Bonchev–Trinajstić information content (AvgIpc) is 3.15. The predicted molar refractivity (Wildman–Crippen MR) is 195 cm³/mol. The van der Waals surface area contributed by atoms with E-state index >= 15 is 0 Å². The Labute approximate surface area is 297 Å². The molecule has 262 valence electrons. The summed E-state index contributed by atoms with van der Waals surface area (Å²) in [6.45, 7) is 2.10. The summed E-state index contributed by atoms with van der Waals surface area (Å²) in [5, 5.41) is 3.07. The summed E-state index contributed by atoms with van der Waals surface area (Å²) in [6, 6.07) is 36.7. The number of pyridine rings is 1. The van der Waals surface area contributed by atoms with Crippen molar-refractivity contribution >= 4 is 17.9 Å². The van der Waals surface area contributed by atoms with Crippen molar-refractivity contribution in [2.75, 3.05) is 20.1 Å². The molecule has 5 aromatic rings. The molecular formula is C42H41F3N4O2. The summed E-state index contributed by atoms with van der Waals surface area (Å²) in [5.41, 5.74) is 4.28. The fourth-order valence-corrected chi connectivity index (χ4v) is 5.73. The smallest absolute Gasteiger partial charge is 0.354 e. The Bertz CT molecular complexity index is 1850. The Balaban J connectivity index is 1.36. The Morgan fingerprint density at radius 1 is 0.765 bits per heavy atom. The van der Waals surface area contributed by atoms with Gasteiger partial charge in [0.25, 0.3) is 0 Å². The van der Waals surface area contributed by atoms with Gasteiger partial charge in [0.2, 0.25) is 11.8 Å². The van der Waals surface area contributed by atoms with Gasteiger partial charge in [0, 0.05) is 43.9 Å². The van der Waals surface area contributed by atoms with Crippen molar-refractivity contribution in [2.24, 2.45) is 0 Å². The van der Waals surface area contributed by atoms with Crippen LogP contribution in [0.25, 0.3) is 17.3 Å². The standard InChI is InChI=1S/C42H41F3N4O2/c1-48(30-34-13-6-3-7-14-34)28-10-27-47-41(51)39(29-33-11-4-2-5-12-33)49(31-35-16-21-36(22-17-35)38-15-8-9-26-46-38)40(50)25-20-32-18-23-37(24-19-32)42(43,44)45/h2-9,11-26,39H,10,27-31H2,1H3,(H,47,51). The molecule has 1 N–H and O–H groups in total. The number of rotatable bonds is 15. The van der Waals surface area contributed by atoms with Crippen LogP contribution in [0.1, 0.15) is 34.2 Å². The SMILES string of the molecule is CN(CCCNC(=O)C(Cc1ccccc1)N(Cc1ccc(-c2ccccn2)cc1)C(=O)C=Cc1ccc(C(F)(F)F)cc1)Cc1ccccc1. The lowest BCUT2D eigenvalue weighted by Crippen LogP contribution is -2.50. The molecule has 9 heteroatoms. The fraction of sp³-hybridized carbons (Fsp3) is 0.214. The largest absolute Gasteiger partial charge is 0.416 e. The first kappa shape index (κ1) is 36.7. The van der Waals surface area contributed by atoms with Crippen LogP contribution in [0, 0.1) is 0 Å². The molecule has 0 fully saturated rings. The Morgan fingerprint density at radius 3 is 2.02 bits per heavy atom. The van der Waals surface area contributed by atoms with Crippen LogP contribution in [0.4, 0.5) is 13.2 Å². The lowest BCUT2D eigenvalue weighted by Gasteiger charge is -2.31. The van der Waals surface area contributed by atoms with E-state index in [9.17, 15) is 22.8 Å². The number of carbonyl (C=O) groups excluding carboxylic acids is 2. The quantitative estimate of drug-likeness (QED) is 0.0892. The van der Waals surface area contributed by atoms with E-state index in [2.05, 4.69) is 27.3 Å². The third-order valence-electron chi connectivity index (χ3n) is 8.47. The molecule has 51 heavy (non-hydrogen) atoms. The lowest BCUT2D eigenvalue weighted by atomic mass is 10.0. The molecule has 0 spiro atoms. The molecule has 0 bridgehead atoms. The zero-order valence-corrected chi connectivity index (χ0v) is 28.5. The topological polar surface area (TPSA) is 65.5 Å². The number of carbonyl (C=O) groups is 2. The van der Waals surface area contributed by atoms with E-state index in [1.54, 1.807) is 6.20 Å². The zero-order chi connectivity index (χ0) is 36.1. The van der Waals surface area contributed by atoms with E-state index in [-0.39, 0.29) is 18.9 Å². The van der Waals surface area contributed by atoms with Gasteiger partial charge >= 0.3 is 6.18 Å². The average molecular weight is 691 g/mol. The normalized spacial score (nSPS) is 12.2. The predicted octanol–water partition coefficient (Wildman–Crippen LogP) is 8.06. The van der Waals surface area contributed by atoms with E-state index in [1.165, 1.54) is 34.7 Å². The molecule has 0 aliphatic carbocycles.